The monoisotopic (exact) mass is 461 g/mol. The van der Waals surface area contributed by atoms with Crippen LogP contribution >= 0.6 is 11.8 Å². The number of piperidine rings is 1. The molecule has 4 aromatic rings. The normalized spacial score (nSPS) is 16.5. The van der Waals surface area contributed by atoms with Gasteiger partial charge in [-0.1, -0.05) is 53.7 Å². The third-order valence-electron chi connectivity index (χ3n) is 6.39. The van der Waals surface area contributed by atoms with E-state index in [9.17, 15) is 9.59 Å². The van der Waals surface area contributed by atoms with Crippen LogP contribution in [-0.2, 0) is 11.3 Å². The van der Waals surface area contributed by atoms with Gasteiger partial charge >= 0.3 is 0 Å². The summed E-state index contributed by atoms with van der Waals surface area (Å²) in [6.45, 7) is 5.38. The maximum atomic E-state index is 13.3. The number of rotatable bonds is 5. The first-order valence-electron chi connectivity index (χ1n) is 11.4. The third kappa shape index (κ3) is 4.15. The summed E-state index contributed by atoms with van der Waals surface area (Å²) in [4.78, 5) is 28.2. The van der Waals surface area contributed by atoms with Crippen molar-refractivity contribution in [2.75, 3.05) is 12.3 Å². The highest BCUT2D eigenvalue weighted by Crippen LogP contribution is 2.24. The van der Waals surface area contributed by atoms with Crippen LogP contribution in [0.1, 0.15) is 37.3 Å². The highest BCUT2D eigenvalue weighted by atomic mass is 32.2. The average Bonchev–Trinajstić information content (AvgIpc) is 3.26. The van der Waals surface area contributed by atoms with E-state index >= 15 is 0 Å². The summed E-state index contributed by atoms with van der Waals surface area (Å²) >= 11 is 1.38. The van der Waals surface area contributed by atoms with E-state index in [0.717, 1.165) is 30.5 Å². The van der Waals surface area contributed by atoms with Gasteiger partial charge in [0.2, 0.25) is 11.7 Å². The molecular weight excluding hydrogens is 434 g/mol. The smallest absolute Gasteiger partial charge is 0.263 e. The number of amides is 1. The summed E-state index contributed by atoms with van der Waals surface area (Å²) in [6.07, 6.45) is 3.29. The highest BCUT2D eigenvalue weighted by molar-refractivity contribution is 7.99. The van der Waals surface area contributed by atoms with Crippen LogP contribution < -0.4 is 5.56 Å². The van der Waals surface area contributed by atoms with Crippen molar-refractivity contribution in [3.05, 3.63) is 70.0 Å². The van der Waals surface area contributed by atoms with Crippen LogP contribution in [0.2, 0.25) is 0 Å². The minimum atomic E-state index is -0.0964. The second-order valence-electron chi connectivity index (χ2n) is 8.73. The van der Waals surface area contributed by atoms with E-state index < -0.39 is 0 Å². The van der Waals surface area contributed by atoms with Gasteiger partial charge in [-0.25, -0.2) is 0 Å². The predicted octanol–water partition coefficient (Wildman–Crippen LogP) is 3.89. The van der Waals surface area contributed by atoms with Crippen molar-refractivity contribution in [3.8, 4) is 0 Å². The molecule has 0 radical (unpaired) electrons. The van der Waals surface area contributed by atoms with Gasteiger partial charge in [0, 0.05) is 12.6 Å². The molecular formula is C25H27N5O2S. The van der Waals surface area contributed by atoms with E-state index in [-0.39, 0.29) is 17.5 Å². The molecule has 0 unspecified atom stereocenters. The highest BCUT2D eigenvalue weighted by Gasteiger charge is 2.24. The summed E-state index contributed by atoms with van der Waals surface area (Å²) in [6, 6.07) is 15.9. The molecule has 8 heteroatoms. The number of thioether (sulfide) groups is 1. The fourth-order valence-electron chi connectivity index (χ4n) is 4.52. The standard InChI is InChI=1S/C25H27N5O2S/c1-17-10-12-19(13-11-17)15-29-23(32)20-8-3-4-9-21(20)30-24(29)26-27-25(30)33-16-22(31)28-14-6-5-7-18(28)2/h3-4,8-13,18H,5-7,14-16H2,1-2H3/t18-/m0/s1. The Balaban J connectivity index is 1.53. The van der Waals surface area contributed by atoms with Crippen molar-refractivity contribution in [2.45, 2.75) is 50.9 Å². The molecule has 0 spiro atoms. The average molecular weight is 462 g/mol. The summed E-state index contributed by atoms with van der Waals surface area (Å²) < 4.78 is 3.57. The van der Waals surface area contributed by atoms with E-state index in [2.05, 4.69) is 17.1 Å². The molecule has 1 aliphatic heterocycles. The zero-order valence-corrected chi connectivity index (χ0v) is 19.7. The number of aromatic nitrogens is 4. The van der Waals surface area contributed by atoms with Gasteiger partial charge in [-0.15, -0.1) is 10.2 Å². The first-order valence-corrected chi connectivity index (χ1v) is 12.4. The summed E-state index contributed by atoms with van der Waals surface area (Å²) in [5, 5.41) is 9.99. The van der Waals surface area contributed by atoms with Crippen molar-refractivity contribution in [3.63, 3.8) is 0 Å². The Bertz CT molecular complexity index is 1380. The molecule has 1 saturated heterocycles. The van der Waals surface area contributed by atoms with Crippen LogP contribution in [0.4, 0.5) is 0 Å². The fourth-order valence-corrected chi connectivity index (χ4v) is 5.35. The van der Waals surface area contributed by atoms with Gasteiger partial charge in [0.15, 0.2) is 5.16 Å². The van der Waals surface area contributed by atoms with Crippen molar-refractivity contribution < 1.29 is 4.79 Å². The number of carbonyl (C=O) groups excluding carboxylic acids is 1. The lowest BCUT2D eigenvalue weighted by atomic mass is 10.0. The molecule has 5 rings (SSSR count). The zero-order valence-electron chi connectivity index (χ0n) is 18.9. The van der Waals surface area contributed by atoms with Crippen molar-refractivity contribution in [1.82, 2.24) is 24.1 Å². The van der Waals surface area contributed by atoms with Crippen molar-refractivity contribution in [1.29, 1.82) is 0 Å². The van der Waals surface area contributed by atoms with Crippen LogP contribution in [0, 0.1) is 6.92 Å². The van der Waals surface area contributed by atoms with Gasteiger partial charge in [0.05, 0.1) is 23.2 Å². The Kier molecular flexibility index (Phi) is 5.93. The lowest BCUT2D eigenvalue weighted by Crippen LogP contribution is -2.42. The molecule has 7 nitrogen and oxygen atoms in total. The number of carbonyl (C=O) groups is 1. The van der Waals surface area contributed by atoms with Crippen LogP contribution in [0.5, 0.6) is 0 Å². The molecule has 0 saturated carbocycles. The van der Waals surface area contributed by atoms with Crippen LogP contribution in [-0.4, -0.2) is 48.3 Å². The summed E-state index contributed by atoms with van der Waals surface area (Å²) in [7, 11) is 0. The predicted molar refractivity (Wildman–Crippen MR) is 131 cm³/mol. The molecule has 33 heavy (non-hydrogen) atoms. The Hall–Kier alpha value is -3.13. The number of fused-ring (bicyclic) bond motifs is 3. The maximum Gasteiger partial charge on any atom is 0.263 e. The quantitative estimate of drug-likeness (QED) is 0.422. The van der Waals surface area contributed by atoms with Gasteiger partial charge in [-0.3, -0.25) is 18.6 Å². The lowest BCUT2D eigenvalue weighted by Gasteiger charge is -2.33. The first-order chi connectivity index (χ1) is 16.0. The molecule has 3 heterocycles. The largest absolute Gasteiger partial charge is 0.339 e. The Morgan fingerprint density at radius 1 is 1.09 bits per heavy atom. The number of para-hydroxylation sites is 1. The van der Waals surface area contributed by atoms with Crippen LogP contribution in [0.25, 0.3) is 16.7 Å². The van der Waals surface area contributed by atoms with Crippen molar-refractivity contribution in [2.24, 2.45) is 0 Å². The molecule has 0 N–H and O–H groups in total. The minimum absolute atomic E-state index is 0.0964. The zero-order chi connectivity index (χ0) is 22.9. The first kappa shape index (κ1) is 21.7. The van der Waals surface area contributed by atoms with E-state index in [4.69, 9.17) is 0 Å². The van der Waals surface area contributed by atoms with Crippen LogP contribution in [0.3, 0.4) is 0 Å². The fraction of sp³-hybridized carbons (Fsp3) is 0.360. The molecule has 2 aromatic carbocycles. The second kappa shape index (κ2) is 9.02. The Morgan fingerprint density at radius 3 is 2.67 bits per heavy atom. The van der Waals surface area contributed by atoms with Crippen LogP contribution in [0.15, 0.2) is 58.5 Å². The van der Waals surface area contributed by atoms with Gasteiger partial charge in [-0.2, -0.15) is 0 Å². The van der Waals surface area contributed by atoms with E-state index in [1.165, 1.54) is 23.7 Å². The topological polar surface area (TPSA) is 72.5 Å². The molecule has 170 valence electrons. The molecule has 2 aromatic heterocycles. The molecule has 1 atom stereocenters. The van der Waals surface area contributed by atoms with E-state index in [0.29, 0.717) is 28.6 Å². The minimum Gasteiger partial charge on any atom is -0.339 e. The lowest BCUT2D eigenvalue weighted by molar-refractivity contribution is -0.131. The number of benzene rings is 2. The van der Waals surface area contributed by atoms with Crippen molar-refractivity contribution >= 4 is 34.3 Å². The van der Waals surface area contributed by atoms with E-state index in [1.807, 2.05) is 64.8 Å². The molecule has 1 aliphatic rings. The number of likely N-dealkylation sites (tertiary alicyclic amines) is 1. The SMILES string of the molecule is Cc1ccc(Cn2c(=O)c3ccccc3n3c(SCC(=O)N4CCCC[C@@H]4C)nnc23)cc1. The summed E-state index contributed by atoms with van der Waals surface area (Å²) in [5.41, 5.74) is 2.85. The third-order valence-corrected chi connectivity index (χ3v) is 7.30. The Morgan fingerprint density at radius 2 is 1.88 bits per heavy atom. The summed E-state index contributed by atoms with van der Waals surface area (Å²) in [5.74, 6) is 0.915. The van der Waals surface area contributed by atoms with Gasteiger partial charge in [0.25, 0.3) is 5.56 Å². The number of hydrogen-bond acceptors (Lipinski definition) is 5. The molecule has 1 fully saturated rings. The number of nitrogens with zero attached hydrogens (tertiary/aromatic N) is 5. The number of aryl methyl sites for hydroxylation is 1. The van der Waals surface area contributed by atoms with Gasteiger partial charge in [-0.05, 0) is 50.8 Å². The molecule has 1 amide bonds. The van der Waals surface area contributed by atoms with E-state index in [1.54, 1.807) is 4.57 Å². The molecule has 0 bridgehead atoms. The van der Waals surface area contributed by atoms with Gasteiger partial charge in [0.1, 0.15) is 0 Å². The second-order valence-corrected chi connectivity index (χ2v) is 9.68. The Labute approximate surface area is 196 Å². The molecule has 0 aliphatic carbocycles. The maximum absolute atomic E-state index is 13.3. The number of hydrogen-bond donors (Lipinski definition) is 0. The van der Waals surface area contributed by atoms with Gasteiger partial charge < -0.3 is 4.90 Å².